The van der Waals surface area contributed by atoms with Crippen LogP contribution in [0.15, 0.2) is 115 Å². The second-order valence-electron chi connectivity index (χ2n) is 9.02. The first-order chi connectivity index (χ1) is 16.3. The molecule has 0 spiro atoms. The average Bonchev–Trinajstić information content (AvgIpc) is 3.36. The van der Waals surface area contributed by atoms with E-state index in [-0.39, 0.29) is 0 Å². The summed E-state index contributed by atoms with van der Waals surface area (Å²) in [5, 5.41) is 8.71. The van der Waals surface area contributed by atoms with Crippen molar-refractivity contribution in [1.82, 2.24) is 0 Å². The summed E-state index contributed by atoms with van der Waals surface area (Å²) >= 11 is 1.93. The minimum atomic E-state index is -2.40. The van der Waals surface area contributed by atoms with Gasteiger partial charge in [0.25, 0.3) is 0 Å². The molecule has 0 amide bonds. The molecule has 0 saturated heterocycles. The van der Waals surface area contributed by atoms with E-state index in [9.17, 15) is 0 Å². The van der Waals surface area contributed by atoms with Crippen LogP contribution in [0.2, 0.25) is 0 Å². The second-order valence-corrected chi connectivity index (χ2v) is 13.8. The van der Waals surface area contributed by atoms with Gasteiger partial charge in [0.15, 0.2) is 8.07 Å². The number of benzene rings is 5. The number of fused-ring (bicyclic) bond motifs is 6. The first kappa shape index (κ1) is 19.0. The summed E-state index contributed by atoms with van der Waals surface area (Å²) in [6.07, 6.45) is 0. The molecule has 33 heavy (non-hydrogen) atoms. The summed E-state index contributed by atoms with van der Waals surface area (Å²) in [6, 6.07) is 43.5. The third-order valence-corrected chi connectivity index (χ3v) is 13.2. The summed E-state index contributed by atoms with van der Waals surface area (Å²) in [4.78, 5) is 0. The van der Waals surface area contributed by atoms with E-state index in [1.807, 2.05) is 11.3 Å². The molecule has 2 heteroatoms. The zero-order chi connectivity index (χ0) is 22.0. The molecule has 0 nitrogen and oxygen atoms in total. The zero-order valence-electron chi connectivity index (χ0n) is 18.4. The number of hydrogen-bond donors (Lipinski definition) is 0. The molecule has 6 aromatic rings. The molecule has 0 fully saturated rings. The Balaban J connectivity index is 1.67. The van der Waals surface area contributed by atoms with Crippen LogP contribution in [0.4, 0.5) is 0 Å². The highest BCUT2D eigenvalue weighted by Crippen LogP contribution is 2.38. The van der Waals surface area contributed by atoms with E-state index in [1.54, 1.807) is 0 Å². The molecule has 0 saturated carbocycles. The molecule has 0 bridgehead atoms. The molecule has 0 N–H and O–H groups in total. The molecule has 0 aliphatic carbocycles. The molecule has 1 aliphatic heterocycles. The fraction of sp³-hybridized carbons (Fsp3) is 0.0323. The molecular weight excluding hydrogens is 432 g/mol. The van der Waals surface area contributed by atoms with Crippen LogP contribution in [0, 0.1) is 6.92 Å². The smallest absolute Gasteiger partial charge is 0.135 e. The maximum Gasteiger partial charge on any atom is 0.180 e. The van der Waals surface area contributed by atoms with Crippen LogP contribution < -0.4 is 20.7 Å². The van der Waals surface area contributed by atoms with E-state index in [0.717, 1.165) is 0 Å². The quantitative estimate of drug-likeness (QED) is 0.293. The van der Waals surface area contributed by atoms with Gasteiger partial charge < -0.3 is 0 Å². The predicted octanol–water partition coefficient (Wildman–Crippen LogP) is 5.72. The number of rotatable bonds is 2. The molecule has 2 heterocycles. The van der Waals surface area contributed by atoms with Gasteiger partial charge in [0.2, 0.25) is 0 Å². The van der Waals surface area contributed by atoms with Crippen LogP contribution in [0.3, 0.4) is 0 Å². The van der Waals surface area contributed by atoms with Crippen molar-refractivity contribution in [3.63, 3.8) is 0 Å². The van der Waals surface area contributed by atoms with Crippen molar-refractivity contribution in [2.24, 2.45) is 0 Å². The molecule has 7 rings (SSSR count). The van der Waals surface area contributed by atoms with Gasteiger partial charge >= 0.3 is 0 Å². The summed E-state index contributed by atoms with van der Waals surface area (Å²) in [6.45, 7) is 2.18. The number of thiophene rings is 1. The monoisotopic (exact) mass is 454 g/mol. The van der Waals surface area contributed by atoms with E-state index in [2.05, 4.69) is 122 Å². The lowest BCUT2D eigenvalue weighted by atomic mass is 10.0. The number of hydrogen-bond acceptors (Lipinski definition) is 1. The molecular formula is C31H22SSi. The molecule has 0 radical (unpaired) electrons. The lowest BCUT2D eigenvalue weighted by Gasteiger charge is -2.31. The number of aryl methyl sites for hydroxylation is 1. The van der Waals surface area contributed by atoms with Crippen molar-refractivity contribution in [3.05, 3.63) is 121 Å². The fourth-order valence-electron chi connectivity index (χ4n) is 5.82. The zero-order valence-corrected chi connectivity index (χ0v) is 20.2. The van der Waals surface area contributed by atoms with Crippen LogP contribution in [0.25, 0.3) is 31.3 Å². The van der Waals surface area contributed by atoms with Gasteiger partial charge in [-0.2, -0.15) is 0 Å². The van der Waals surface area contributed by atoms with Crippen molar-refractivity contribution in [2.75, 3.05) is 0 Å². The van der Waals surface area contributed by atoms with Gasteiger partial charge in [0.05, 0.1) is 0 Å². The van der Waals surface area contributed by atoms with Gasteiger partial charge in [-0.1, -0.05) is 97.1 Å². The van der Waals surface area contributed by atoms with Gasteiger partial charge in [-0.25, -0.2) is 0 Å². The Labute approximate surface area is 198 Å². The molecule has 156 valence electrons. The predicted molar refractivity (Wildman–Crippen MR) is 147 cm³/mol. The second kappa shape index (κ2) is 7.02. The summed E-state index contributed by atoms with van der Waals surface area (Å²) in [7, 11) is -2.40. The highest BCUT2D eigenvalue weighted by Gasteiger charge is 2.48. The molecule has 5 aromatic carbocycles. The largest absolute Gasteiger partial charge is 0.180 e. The van der Waals surface area contributed by atoms with Gasteiger partial charge in [0.1, 0.15) is 0 Å². The third kappa shape index (κ3) is 2.56. The Bertz CT molecular complexity index is 1620. The SMILES string of the molecule is Cc1ccc2c(c1)sc1cc3c(cc12)-c1ccccc1[Si]3(c1ccccc1)c1ccccc1. The molecule has 1 aliphatic rings. The van der Waals surface area contributed by atoms with Gasteiger partial charge in [-0.05, 0) is 62.6 Å². The third-order valence-electron chi connectivity index (χ3n) is 7.21. The standard InChI is InChI=1S/C31H22SSi/c1-21-16-17-24-26-19-27-25-14-8-9-15-30(25)33(22-10-4-2-5-11-22,23-12-6-3-7-13-23)31(27)20-29(26)32-28(24)18-21/h2-20H,1H3. The highest BCUT2D eigenvalue weighted by atomic mass is 32.1. The fourth-order valence-corrected chi connectivity index (χ4v) is 12.3. The maximum atomic E-state index is 2.54. The minimum Gasteiger partial charge on any atom is -0.135 e. The van der Waals surface area contributed by atoms with Crippen LogP contribution in [-0.4, -0.2) is 8.07 Å². The van der Waals surface area contributed by atoms with Crippen molar-refractivity contribution in [2.45, 2.75) is 6.92 Å². The molecule has 0 atom stereocenters. The first-order valence-corrected chi connectivity index (χ1v) is 14.3. The van der Waals surface area contributed by atoms with E-state index >= 15 is 0 Å². The van der Waals surface area contributed by atoms with Gasteiger partial charge in [0, 0.05) is 20.2 Å². The minimum absolute atomic E-state index is 1.32. The Kier molecular flexibility index (Phi) is 4.05. The van der Waals surface area contributed by atoms with Crippen molar-refractivity contribution in [3.8, 4) is 11.1 Å². The van der Waals surface area contributed by atoms with Crippen LogP contribution in [0.1, 0.15) is 5.56 Å². The van der Waals surface area contributed by atoms with E-state index in [0.29, 0.717) is 0 Å². The summed E-state index contributed by atoms with van der Waals surface area (Å²) in [5.41, 5.74) is 4.14. The molecule has 1 aromatic heterocycles. The lowest BCUT2D eigenvalue weighted by Crippen LogP contribution is -2.72. The lowest BCUT2D eigenvalue weighted by molar-refractivity contribution is 1.52. The van der Waals surface area contributed by atoms with Crippen molar-refractivity contribution in [1.29, 1.82) is 0 Å². The Morgan fingerprint density at radius 1 is 0.515 bits per heavy atom. The van der Waals surface area contributed by atoms with Gasteiger partial charge in [-0.3, -0.25) is 0 Å². The van der Waals surface area contributed by atoms with Crippen LogP contribution >= 0.6 is 11.3 Å². The van der Waals surface area contributed by atoms with Crippen molar-refractivity contribution >= 4 is 60.3 Å². The normalized spacial score (nSPS) is 13.8. The highest BCUT2D eigenvalue weighted by molar-refractivity contribution is 7.26. The Morgan fingerprint density at radius 3 is 1.88 bits per heavy atom. The topological polar surface area (TPSA) is 0 Å². The summed E-state index contributed by atoms with van der Waals surface area (Å²) in [5.74, 6) is 0. The molecule has 0 unspecified atom stereocenters. The average molecular weight is 455 g/mol. The van der Waals surface area contributed by atoms with Crippen LogP contribution in [-0.2, 0) is 0 Å². The summed E-state index contributed by atoms with van der Waals surface area (Å²) < 4.78 is 2.78. The van der Waals surface area contributed by atoms with Crippen LogP contribution in [0.5, 0.6) is 0 Å². The Hall–Kier alpha value is -3.46. The first-order valence-electron chi connectivity index (χ1n) is 11.4. The van der Waals surface area contributed by atoms with E-state index < -0.39 is 8.07 Å². The van der Waals surface area contributed by atoms with E-state index in [4.69, 9.17) is 0 Å². The Morgan fingerprint density at radius 2 is 1.15 bits per heavy atom. The maximum absolute atomic E-state index is 2.54. The van der Waals surface area contributed by atoms with Gasteiger partial charge in [-0.15, -0.1) is 11.3 Å². The van der Waals surface area contributed by atoms with Crippen molar-refractivity contribution < 1.29 is 0 Å². The van der Waals surface area contributed by atoms with E-state index in [1.165, 1.54) is 57.6 Å².